The van der Waals surface area contributed by atoms with Crippen molar-refractivity contribution in [3.63, 3.8) is 0 Å². The van der Waals surface area contributed by atoms with Gasteiger partial charge in [-0.1, -0.05) is 133 Å². The van der Waals surface area contributed by atoms with Crippen LogP contribution in [-0.4, -0.2) is 140 Å². The zero-order chi connectivity index (χ0) is 67.8. The van der Waals surface area contributed by atoms with Crippen LogP contribution in [0.1, 0.15) is 111 Å². The van der Waals surface area contributed by atoms with Crippen molar-refractivity contribution in [2.45, 2.75) is 58.2 Å². The van der Waals surface area contributed by atoms with E-state index in [2.05, 4.69) is 26.6 Å². The van der Waals surface area contributed by atoms with Crippen LogP contribution in [0.15, 0.2) is 201 Å². The Morgan fingerprint density at radius 3 is 1.19 bits per heavy atom. The molecule has 27 nitrogen and oxygen atoms in total. The first-order chi connectivity index (χ1) is 46.7. The number of nitrogens with zero attached hydrogens (tertiary/aromatic N) is 6. The van der Waals surface area contributed by atoms with Crippen LogP contribution < -0.4 is 68.2 Å². The SMILES string of the molecule is O=C1NCC(C(=O)NCCO)NC(=O)c2ccc(n(OCc3ccccc3)c2=O)C(=O)NCCCN(C(=O)c2cccc(=O)n2OCc2ccccc2)CCCCN(C(=O)c2cccc(=O)n2OCc2ccccc2)CCCNC(=O)c2ccc1c(=O)n2OCc1ccccc1. The Kier molecular flexibility index (Phi) is 24.4. The van der Waals surface area contributed by atoms with Gasteiger partial charge in [0.2, 0.25) is 5.91 Å². The van der Waals surface area contributed by atoms with Gasteiger partial charge in [-0.2, -0.15) is 0 Å². The molecule has 1 atom stereocenters. The number of rotatable bonds is 17. The average molecular weight is 1310 g/mol. The normalized spacial score (nSPS) is 14.7. The van der Waals surface area contributed by atoms with E-state index >= 15 is 0 Å². The van der Waals surface area contributed by atoms with Crippen LogP contribution in [0.4, 0.5) is 0 Å². The summed E-state index contributed by atoms with van der Waals surface area (Å²) in [6.45, 7) is -2.38. The maximum atomic E-state index is 14.9. The number of benzene rings is 4. The molecule has 27 heteroatoms. The Hall–Kier alpha value is -11.9. The highest BCUT2D eigenvalue weighted by molar-refractivity contribution is 6.00. The minimum absolute atomic E-state index is 0.0255. The first-order valence-corrected chi connectivity index (χ1v) is 31.0. The molecular weight excluding hydrogens is 1240 g/mol. The minimum Gasteiger partial charge on any atom is -0.405 e. The highest BCUT2D eigenvalue weighted by Crippen LogP contribution is 2.13. The molecule has 1 unspecified atom stereocenters. The molecule has 3 aliphatic heterocycles. The van der Waals surface area contributed by atoms with E-state index < -0.39 is 93.9 Å². The molecule has 0 saturated carbocycles. The van der Waals surface area contributed by atoms with Crippen LogP contribution in [0.2, 0.25) is 0 Å². The lowest BCUT2D eigenvalue weighted by atomic mass is 10.1. The summed E-state index contributed by atoms with van der Waals surface area (Å²) in [4.78, 5) is 182. The third kappa shape index (κ3) is 18.2. The number of aliphatic hydroxyl groups is 1. The van der Waals surface area contributed by atoms with E-state index in [4.69, 9.17) is 19.4 Å². The highest BCUT2D eigenvalue weighted by Gasteiger charge is 2.29. The number of carbonyl (C=O) groups is 7. The van der Waals surface area contributed by atoms with Crippen molar-refractivity contribution in [3.8, 4) is 0 Å². The molecule has 0 fully saturated rings. The monoisotopic (exact) mass is 1310 g/mol. The molecule has 4 aromatic carbocycles. The third-order valence-corrected chi connectivity index (χ3v) is 15.1. The summed E-state index contributed by atoms with van der Waals surface area (Å²) in [7, 11) is 0. The van der Waals surface area contributed by atoms with Crippen molar-refractivity contribution in [2.75, 3.05) is 59.0 Å². The second-order valence-corrected chi connectivity index (χ2v) is 21.8. The smallest absolute Gasteiger partial charge is 0.296 e. The largest absolute Gasteiger partial charge is 0.405 e. The Morgan fingerprint density at radius 1 is 0.417 bits per heavy atom. The molecule has 96 heavy (non-hydrogen) atoms. The maximum absolute atomic E-state index is 14.9. The molecule has 498 valence electrons. The van der Waals surface area contributed by atoms with Gasteiger partial charge < -0.3 is 60.8 Å². The molecule has 8 aromatic rings. The third-order valence-electron chi connectivity index (χ3n) is 15.1. The van der Waals surface area contributed by atoms with Crippen LogP contribution in [0.5, 0.6) is 0 Å². The van der Waals surface area contributed by atoms with Crippen molar-refractivity contribution >= 4 is 41.4 Å². The number of nitrogens with one attached hydrogen (secondary N) is 5. The number of aromatic nitrogens is 4. The summed E-state index contributed by atoms with van der Waals surface area (Å²) >= 11 is 0. The summed E-state index contributed by atoms with van der Waals surface area (Å²) in [6, 6.07) is 46.1. The lowest BCUT2D eigenvalue weighted by Gasteiger charge is -2.26. The lowest BCUT2D eigenvalue weighted by molar-refractivity contribution is -0.123. The zero-order valence-electron chi connectivity index (χ0n) is 52.2. The number of fused-ring (bicyclic) bond motifs is 2. The van der Waals surface area contributed by atoms with Crippen LogP contribution >= 0.6 is 0 Å². The standard InChI is InChI=1S/C69H71N11O16/c81-42-37-72-63(86)54-43-73-61(84)52-31-33-55(79(66(52)89)95-46-50-23-9-3-10-24-50)64(87)70-35-17-40-75(68(91)57-27-15-29-59(82)77(57)93-44-48-19-5-1-6-20-48)38-13-14-39-76(69(92)58-28-16-30-60(83)78(58)94-45-49-21-7-2-8-22-49)41-18-36-71-65(88)56-34-32-53(62(85)74-54)67(90)80(56)96-47-51-25-11-4-12-26-51/h1-12,15-16,19-34,54,81H,13-14,17-18,35-47H2,(H,70,87)(H,71,88)(H,72,86)(H,73,84)(H,74,85). The summed E-state index contributed by atoms with van der Waals surface area (Å²) in [5.41, 5.74) is -2.99. The van der Waals surface area contributed by atoms with E-state index in [9.17, 15) is 57.8 Å². The molecule has 6 N–H and O–H groups in total. The molecule has 7 heterocycles. The summed E-state index contributed by atoms with van der Waals surface area (Å²) in [5.74, 6) is -6.05. The Bertz CT molecular complexity index is 4280. The number of aliphatic hydroxyl groups excluding tert-OH is 1. The van der Waals surface area contributed by atoms with Crippen molar-refractivity contribution < 1.29 is 58.0 Å². The molecule has 3 aliphatic rings. The van der Waals surface area contributed by atoms with Gasteiger partial charge in [0.05, 0.1) is 6.61 Å². The average Bonchev–Trinajstić information content (AvgIpc) is 0.838. The van der Waals surface area contributed by atoms with Gasteiger partial charge in [0, 0.05) is 64.5 Å². The Balaban J connectivity index is 1.06. The zero-order valence-corrected chi connectivity index (χ0v) is 52.2. The van der Waals surface area contributed by atoms with Gasteiger partial charge >= 0.3 is 0 Å². The number of hydrogen-bond acceptors (Lipinski definition) is 16. The molecule has 0 radical (unpaired) electrons. The van der Waals surface area contributed by atoms with Crippen LogP contribution in [0.3, 0.4) is 0 Å². The van der Waals surface area contributed by atoms with Crippen molar-refractivity contribution in [3.05, 3.63) is 280 Å². The maximum Gasteiger partial charge on any atom is 0.296 e. The summed E-state index contributed by atoms with van der Waals surface area (Å²) in [5, 5.41) is 22.4. The van der Waals surface area contributed by atoms with Crippen LogP contribution in [0, 0.1) is 0 Å². The molecular formula is C69H71N11O16. The molecule has 4 aromatic heterocycles. The molecule has 0 saturated heterocycles. The highest BCUT2D eigenvalue weighted by atomic mass is 16.7. The predicted octanol–water partition coefficient (Wildman–Crippen LogP) is 1.80. The summed E-state index contributed by atoms with van der Waals surface area (Å²) < 4.78 is 3.08. The topological polar surface area (TPSA) is 331 Å². The molecule has 11 rings (SSSR count). The van der Waals surface area contributed by atoms with Crippen molar-refractivity contribution in [1.29, 1.82) is 0 Å². The van der Waals surface area contributed by atoms with Crippen molar-refractivity contribution in [2.24, 2.45) is 0 Å². The van der Waals surface area contributed by atoms with Gasteiger partial charge in [-0.25, -0.2) is 0 Å². The van der Waals surface area contributed by atoms with E-state index in [-0.39, 0.29) is 121 Å². The Labute approximate surface area is 549 Å². The summed E-state index contributed by atoms with van der Waals surface area (Å²) in [6.07, 6.45) is 0.669. The molecule has 4 bridgehead atoms. The van der Waals surface area contributed by atoms with Gasteiger partial charge in [-0.05, 0) is 84.3 Å². The first-order valence-electron chi connectivity index (χ1n) is 31.0. The van der Waals surface area contributed by atoms with Crippen molar-refractivity contribution in [1.82, 2.24) is 55.3 Å². The first kappa shape index (κ1) is 68.5. The van der Waals surface area contributed by atoms with E-state index in [1.165, 1.54) is 52.3 Å². The van der Waals surface area contributed by atoms with E-state index in [0.29, 0.717) is 26.2 Å². The fourth-order valence-electron chi connectivity index (χ4n) is 10.1. The molecule has 0 aliphatic carbocycles. The number of hydrogen-bond donors (Lipinski definition) is 6. The fourth-order valence-corrected chi connectivity index (χ4v) is 10.1. The predicted molar refractivity (Wildman–Crippen MR) is 348 cm³/mol. The van der Waals surface area contributed by atoms with Gasteiger partial charge in [0.1, 0.15) is 66.4 Å². The quantitative estimate of drug-likeness (QED) is 0.0757. The minimum atomic E-state index is -1.67. The van der Waals surface area contributed by atoms with Gasteiger partial charge in [0.25, 0.3) is 57.7 Å². The number of carbonyl (C=O) groups excluding carboxylic acids is 7. The second-order valence-electron chi connectivity index (χ2n) is 21.8. The number of amides is 7. The second kappa shape index (κ2) is 34.2. The fraction of sp³-hybridized carbons (Fsp3) is 0.261. The van der Waals surface area contributed by atoms with Gasteiger partial charge in [-0.3, -0.25) is 52.7 Å². The van der Waals surface area contributed by atoms with Gasteiger partial charge in [0.15, 0.2) is 0 Å². The van der Waals surface area contributed by atoms with Crippen LogP contribution in [0.25, 0.3) is 0 Å². The van der Waals surface area contributed by atoms with E-state index in [1.807, 2.05) is 12.1 Å². The van der Waals surface area contributed by atoms with E-state index in [0.717, 1.165) is 33.2 Å². The molecule has 7 amide bonds. The van der Waals surface area contributed by atoms with E-state index in [1.54, 1.807) is 109 Å². The number of pyridine rings is 4. The lowest BCUT2D eigenvalue weighted by Crippen LogP contribution is -2.54. The van der Waals surface area contributed by atoms with Gasteiger partial charge in [-0.15, -0.1) is 18.9 Å². The Morgan fingerprint density at radius 2 is 0.792 bits per heavy atom. The van der Waals surface area contributed by atoms with Crippen LogP contribution in [-0.2, 0) is 31.2 Å². The molecule has 0 spiro atoms.